The maximum atomic E-state index is 6.41. The summed E-state index contributed by atoms with van der Waals surface area (Å²) in [6.07, 6.45) is 3.82. The Hall–Kier alpha value is -2.58. The highest BCUT2D eigenvalue weighted by atomic mass is 35.5. The van der Waals surface area contributed by atoms with Gasteiger partial charge in [0, 0.05) is 28.5 Å². The van der Waals surface area contributed by atoms with Gasteiger partial charge in [-0.1, -0.05) is 66.2 Å². The molecule has 0 bridgehead atoms. The zero-order valence-corrected chi connectivity index (χ0v) is 14.2. The molecule has 1 N–H and O–H groups in total. The van der Waals surface area contributed by atoms with Crippen LogP contribution in [-0.2, 0) is 0 Å². The summed E-state index contributed by atoms with van der Waals surface area (Å²) in [6.45, 7) is 2.14. The van der Waals surface area contributed by atoms with Crippen molar-refractivity contribution in [3.05, 3.63) is 101 Å². The fraction of sp³-hybridized carbons (Fsp3) is 0.0952. The lowest BCUT2D eigenvalue weighted by Crippen LogP contribution is -2.17. The Balaban J connectivity index is 1.97. The van der Waals surface area contributed by atoms with Crippen LogP contribution in [0, 0.1) is 0 Å². The zero-order chi connectivity index (χ0) is 16.8. The molecule has 0 spiro atoms. The molecular weight excluding hydrogens is 316 g/mol. The predicted octanol–water partition coefficient (Wildman–Crippen LogP) is 5.58. The zero-order valence-electron chi connectivity index (χ0n) is 13.5. The molecule has 0 radical (unpaired) electrons. The first-order valence-electron chi connectivity index (χ1n) is 7.93. The number of aromatic nitrogens is 1. The lowest BCUT2D eigenvalue weighted by molar-refractivity contribution is 0.702. The molecule has 3 aromatic rings. The Labute approximate surface area is 147 Å². The van der Waals surface area contributed by atoms with Crippen molar-refractivity contribution in [2.24, 2.45) is 0 Å². The third-order valence-electron chi connectivity index (χ3n) is 3.82. The molecule has 0 amide bonds. The van der Waals surface area contributed by atoms with Gasteiger partial charge in [-0.05, 0) is 36.8 Å². The Morgan fingerprint density at radius 1 is 0.958 bits per heavy atom. The number of pyridine rings is 1. The fourth-order valence-electron chi connectivity index (χ4n) is 2.54. The van der Waals surface area contributed by atoms with E-state index in [1.807, 2.05) is 66.7 Å². The first-order chi connectivity index (χ1) is 11.7. The van der Waals surface area contributed by atoms with Gasteiger partial charge in [-0.25, -0.2) is 0 Å². The van der Waals surface area contributed by atoms with Gasteiger partial charge in [0.2, 0.25) is 0 Å². The SMILES string of the molecule is C[C@H](N/C(=C\c1ccccn1)c1ccccc1Cl)c1ccccc1. The standard InChI is InChI=1S/C21H19ClN2/c1-16(17-9-3-2-4-10-17)24-21(15-18-11-7-8-14-23-18)19-12-5-6-13-20(19)22/h2-16,24H,1H3/b21-15-/t16-/m0/s1. The van der Waals surface area contributed by atoms with Crippen LogP contribution in [0.4, 0.5) is 0 Å². The number of rotatable bonds is 5. The van der Waals surface area contributed by atoms with Gasteiger partial charge in [-0.3, -0.25) is 4.98 Å². The largest absolute Gasteiger partial charge is 0.378 e. The van der Waals surface area contributed by atoms with E-state index >= 15 is 0 Å². The summed E-state index contributed by atoms with van der Waals surface area (Å²) in [5.41, 5.74) is 4.03. The van der Waals surface area contributed by atoms with Crippen molar-refractivity contribution in [3.8, 4) is 0 Å². The third-order valence-corrected chi connectivity index (χ3v) is 4.15. The molecule has 0 unspecified atom stereocenters. The highest BCUT2D eigenvalue weighted by Gasteiger charge is 2.11. The van der Waals surface area contributed by atoms with Gasteiger partial charge in [0.05, 0.1) is 5.69 Å². The van der Waals surface area contributed by atoms with Crippen LogP contribution >= 0.6 is 11.6 Å². The number of nitrogens with zero attached hydrogens (tertiary/aromatic N) is 1. The van der Waals surface area contributed by atoms with Crippen molar-refractivity contribution in [2.75, 3.05) is 0 Å². The highest BCUT2D eigenvalue weighted by Crippen LogP contribution is 2.26. The molecule has 0 aliphatic carbocycles. The van der Waals surface area contributed by atoms with E-state index < -0.39 is 0 Å². The first kappa shape index (κ1) is 16.3. The van der Waals surface area contributed by atoms with Crippen molar-refractivity contribution in [2.45, 2.75) is 13.0 Å². The Morgan fingerprint density at radius 2 is 1.67 bits per heavy atom. The molecule has 0 saturated heterocycles. The van der Waals surface area contributed by atoms with Crippen LogP contribution in [0.3, 0.4) is 0 Å². The van der Waals surface area contributed by atoms with Gasteiger partial charge in [-0.15, -0.1) is 0 Å². The van der Waals surface area contributed by atoms with Crippen LogP contribution in [0.25, 0.3) is 11.8 Å². The molecular formula is C21H19ClN2. The molecule has 1 atom stereocenters. The molecule has 0 aliphatic heterocycles. The third kappa shape index (κ3) is 4.03. The summed E-state index contributed by atoms with van der Waals surface area (Å²) in [6, 6.07) is 24.2. The maximum absolute atomic E-state index is 6.41. The molecule has 3 heteroatoms. The lowest BCUT2D eigenvalue weighted by atomic mass is 10.1. The maximum Gasteiger partial charge on any atom is 0.0650 e. The summed E-state index contributed by atoms with van der Waals surface area (Å²) < 4.78 is 0. The Kier molecular flexibility index (Phi) is 5.29. The van der Waals surface area contributed by atoms with Crippen LogP contribution in [0.15, 0.2) is 79.0 Å². The van der Waals surface area contributed by atoms with Crippen molar-refractivity contribution in [3.63, 3.8) is 0 Å². The van der Waals surface area contributed by atoms with E-state index in [2.05, 4.69) is 29.4 Å². The number of nitrogens with one attached hydrogen (secondary N) is 1. The molecule has 120 valence electrons. The van der Waals surface area contributed by atoms with Crippen LogP contribution in [0.2, 0.25) is 5.02 Å². The number of halogens is 1. The molecule has 0 fully saturated rings. The van der Waals surface area contributed by atoms with E-state index in [4.69, 9.17) is 11.6 Å². The highest BCUT2D eigenvalue weighted by molar-refractivity contribution is 6.32. The molecule has 2 aromatic carbocycles. The van der Waals surface area contributed by atoms with E-state index in [1.54, 1.807) is 6.20 Å². The molecule has 2 nitrogen and oxygen atoms in total. The van der Waals surface area contributed by atoms with Crippen LogP contribution in [0.5, 0.6) is 0 Å². The van der Waals surface area contributed by atoms with E-state index in [9.17, 15) is 0 Å². The smallest absolute Gasteiger partial charge is 0.0650 e. The summed E-state index contributed by atoms with van der Waals surface area (Å²) in [7, 11) is 0. The summed E-state index contributed by atoms with van der Waals surface area (Å²) in [5.74, 6) is 0. The van der Waals surface area contributed by atoms with Crippen molar-refractivity contribution < 1.29 is 0 Å². The van der Waals surface area contributed by atoms with Gasteiger partial charge in [0.15, 0.2) is 0 Å². The van der Waals surface area contributed by atoms with Crippen molar-refractivity contribution in [1.29, 1.82) is 0 Å². The second-order valence-electron chi connectivity index (χ2n) is 5.57. The van der Waals surface area contributed by atoms with Gasteiger partial charge < -0.3 is 5.32 Å². The number of benzene rings is 2. The molecule has 1 heterocycles. The summed E-state index contributed by atoms with van der Waals surface area (Å²) in [4.78, 5) is 4.39. The van der Waals surface area contributed by atoms with Crippen LogP contribution < -0.4 is 5.32 Å². The van der Waals surface area contributed by atoms with E-state index in [0.29, 0.717) is 5.02 Å². The normalized spacial score (nSPS) is 12.7. The van der Waals surface area contributed by atoms with E-state index in [-0.39, 0.29) is 6.04 Å². The average molecular weight is 335 g/mol. The quantitative estimate of drug-likeness (QED) is 0.658. The minimum Gasteiger partial charge on any atom is -0.378 e. The topological polar surface area (TPSA) is 24.9 Å². The van der Waals surface area contributed by atoms with Crippen LogP contribution in [-0.4, -0.2) is 4.98 Å². The number of hydrogen-bond acceptors (Lipinski definition) is 2. The first-order valence-corrected chi connectivity index (χ1v) is 8.31. The Morgan fingerprint density at radius 3 is 2.38 bits per heavy atom. The fourth-order valence-corrected chi connectivity index (χ4v) is 2.78. The second kappa shape index (κ2) is 7.80. The molecule has 1 aromatic heterocycles. The van der Waals surface area contributed by atoms with Crippen molar-refractivity contribution >= 4 is 23.4 Å². The Bertz CT molecular complexity index is 814. The average Bonchev–Trinajstić information content (AvgIpc) is 2.63. The minimum atomic E-state index is 0.150. The van der Waals surface area contributed by atoms with Gasteiger partial charge in [-0.2, -0.15) is 0 Å². The van der Waals surface area contributed by atoms with E-state index in [0.717, 1.165) is 17.0 Å². The van der Waals surface area contributed by atoms with Gasteiger partial charge >= 0.3 is 0 Å². The molecule has 24 heavy (non-hydrogen) atoms. The summed E-state index contributed by atoms with van der Waals surface area (Å²) in [5, 5.41) is 4.29. The summed E-state index contributed by atoms with van der Waals surface area (Å²) >= 11 is 6.41. The molecule has 0 saturated carbocycles. The number of hydrogen-bond donors (Lipinski definition) is 1. The van der Waals surface area contributed by atoms with Gasteiger partial charge in [0.25, 0.3) is 0 Å². The molecule has 3 rings (SSSR count). The minimum absolute atomic E-state index is 0.150. The second-order valence-corrected chi connectivity index (χ2v) is 5.98. The molecule has 0 aliphatic rings. The lowest BCUT2D eigenvalue weighted by Gasteiger charge is -2.19. The van der Waals surface area contributed by atoms with Crippen LogP contribution in [0.1, 0.15) is 29.8 Å². The van der Waals surface area contributed by atoms with Gasteiger partial charge in [0.1, 0.15) is 0 Å². The van der Waals surface area contributed by atoms with E-state index in [1.165, 1.54) is 5.56 Å². The predicted molar refractivity (Wildman–Crippen MR) is 102 cm³/mol. The monoisotopic (exact) mass is 334 g/mol. The van der Waals surface area contributed by atoms with Crippen molar-refractivity contribution in [1.82, 2.24) is 10.3 Å².